The third-order valence-corrected chi connectivity index (χ3v) is 12.6. The van der Waals surface area contributed by atoms with E-state index in [9.17, 15) is 19.8 Å². The lowest BCUT2D eigenvalue weighted by Gasteiger charge is -2.61. The third-order valence-electron chi connectivity index (χ3n) is 12.6. The van der Waals surface area contributed by atoms with E-state index in [4.69, 9.17) is 14.2 Å². The Hall–Kier alpha value is -1.28. The molecule has 14 atom stereocenters. The summed E-state index contributed by atoms with van der Waals surface area (Å²) >= 11 is 0. The number of hydrogen-bond acceptors (Lipinski definition) is 7. The van der Waals surface area contributed by atoms with E-state index in [0.29, 0.717) is 19.3 Å². The molecule has 3 aliphatic heterocycles. The maximum atomic E-state index is 13.3. The van der Waals surface area contributed by atoms with Crippen molar-refractivity contribution in [2.75, 3.05) is 0 Å². The molecule has 7 nitrogen and oxygen atoms in total. The van der Waals surface area contributed by atoms with Crippen LogP contribution in [0.25, 0.3) is 0 Å². The van der Waals surface area contributed by atoms with Gasteiger partial charge in [-0.1, -0.05) is 19.9 Å². The molecule has 1 unspecified atom stereocenters. The Morgan fingerprint density at radius 1 is 1.11 bits per heavy atom. The molecule has 7 aliphatic rings. The molecule has 0 bridgehead atoms. The first-order chi connectivity index (χ1) is 16.3. The normalized spacial score (nSPS) is 62.6. The van der Waals surface area contributed by atoms with Crippen LogP contribution in [0.1, 0.15) is 66.7 Å². The minimum Gasteiger partial charge on any atom is -0.460 e. The number of carbonyl (C=O) groups is 2. The van der Waals surface area contributed by atoms with Gasteiger partial charge in [0.05, 0.1) is 17.6 Å². The van der Waals surface area contributed by atoms with Crippen molar-refractivity contribution >= 4 is 11.8 Å². The highest BCUT2D eigenvalue weighted by Gasteiger charge is 2.79. The Kier molecular flexibility index (Phi) is 4.18. The van der Waals surface area contributed by atoms with Crippen LogP contribution < -0.4 is 0 Å². The molecule has 7 heteroatoms. The van der Waals surface area contributed by atoms with Crippen molar-refractivity contribution in [3.8, 4) is 0 Å². The highest BCUT2D eigenvalue weighted by molar-refractivity contribution is 5.97. The number of esters is 1. The molecule has 0 aromatic heterocycles. The van der Waals surface area contributed by atoms with Crippen molar-refractivity contribution in [1.29, 1.82) is 0 Å². The zero-order valence-corrected chi connectivity index (χ0v) is 21.3. The number of hydrogen-bond donors (Lipinski definition) is 2. The van der Waals surface area contributed by atoms with E-state index < -0.39 is 28.3 Å². The van der Waals surface area contributed by atoms with Gasteiger partial charge in [0.1, 0.15) is 23.4 Å². The molecule has 0 aromatic rings. The van der Waals surface area contributed by atoms with Crippen LogP contribution in [0.2, 0.25) is 0 Å². The van der Waals surface area contributed by atoms with E-state index in [0.717, 1.165) is 12.8 Å². The minimum atomic E-state index is -1.20. The summed E-state index contributed by atoms with van der Waals surface area (Å²) in [5.41, 5.74) is -3.81. The SMILES string of the molecule is C[C@H](C1C[C@]2(C)O[C@]2(C)C(=O)O1)[C@H]1CC[C@H]2[C@@H]3[C@@H]4O[C@@H]4[C@@]4(O)CC=CC(=O)[C@]4(C)[C@H]3C[C@H](O)[C@]12C. The van der Waals surface area contributed by atoms with E-state index in [1.807, 2.05) is 20.8 Å². The number of carbonyl (C=O) groups excluding carboxylic acids is 2. The summed E-state index contributed by atoms with van der Waals surface area (Å²) in [6, 6.07) is 0. The first-order valence-electron chi connectivity index (χ1n) is 13.5. The average molecular weight is 487 g/mol. The maximum Gasteiger partial charge on any atom is 0.341 e. The highest BCUT2D eigenvalue weighted by Crippen LogP contribution is 2.72. The molecule has 6 fully saturated rings. The summed E-state index contributed by atoms with van der Waals surface area (Å²) in [5, 5.41) is 23.5. The number of aliphatic hydroxyl groups is 2. The van der Waals surface area contributed by atoms with Gasteiger partial charge in [-0.15, -0.1) is 0 Å². The number of ether oxygens (including phenoxy) is 3. The van der Waals surface area contributed by atoms with Gasteiger partial charge in [0.25, 0.3) is 0 Å². The van der Waals surface area contributed by atoms with Crippen molar-refractivity contribution < 1.29 is 34.0 Å². The number of cyclic esters (lactones) is 1. The van der Waals surface area contributed by atoms with E-state index in [1.165, 1.54) is 0 Å². The zero-order chi connectivity index (χ0) is 24.9. The van der Waals surface area contributed by atoms with Gasteiger partial charge >= 0.3 is 5.97 Å². The number of rotatable bonds is 2. The Bertz CT molecular complexity index is 1060. The standard InChI is InChI=1S/C28H38O7/c1-13(17-12-24(2)27(5,35-24)23(31)33-17)14-8-9-15-20-16(11-19(30)25(14,15)3)26(4)18(29)7-6-10-28(26,32)22-21(20)34-22/h6-7,13-17,19-22,30,32H,8-12H2,1-5H3/t13-,14+,15-,16-,17?,19-,20-,21-,22-,24-,25+,26-,27+,28-/m0/s1. The fourth-order valence-corrected chi connectivity index (χ4v) is 10.0. The van der Waals surface area contributed by atoms with Crippen molar-refractivity contribution in [2.24, 2.45) is 40.4 Å². The number of ketones is 1. The molecule has 0 aromatic carbocycles. The molecule has 3 heterocycles. The average Bonchev–Trinajstić information content (AvgIpc) is 3.66. The quantitative estimate of drug-likeness (QED) is 0.456. The van der Waals surface area contributed by atoms with Gasteiger partial charge in [-0.2, -0.15) is 0 Å². The molecule has 0 amide bonds. The van der Waals surface area contributed by atoms with E-state index in [1.54, 1.807) is 12.2 Å². The molecular formula is C28H38O7. The highest BCUT2D eigenvalue weighted by atomic mass is 16.7. The first-order valence-corrected chi connectivity index (χ1v) is 13.5. The molecule has 3 saturated carbocycles. The van der Waals surface area contributed by atoms with Gasteiger partial charge in [-0.05, 0) is 87.5 Å². The van der Waals surface area contributed by atoms with E-state index in [2.05, 4.69) is 13.8 Å². The molecule has 4 aliphatic carbocycles. The number of fused-ring (bicyclic) bond motifs is 9. The molecule has 192 valence electrons. The predicted octanol–water partition coefficient (Wildman–Crippen LogP) is 2.56. The summed E-state index contributed by atoms with van der Waals surface area (Å²) in [6.07, 6.45) is 5.65. The van der Waals surface area contributed by atoms with Crippen LogP contribution in [0.15, 0.2) is 12.2 Å². The van der Waals surface area contributed by atoms with Gasteiger partial charge in [-0.25, -0.2) is 4.79 Å². The smallest absolute Gasteiger partial charge is 0.341 e. The molecule has 35 heavy (non-hydrogen) atoms. The molecule has 3 saturated heterocycles. The molecule has 0 radical (unpaired) electrons. The summed E-state index contributed by atoms with van der Waals surface area (Å²) in [5.74, 6) is 0.151. The monoisotopic (exact) mass is 486 g/mol. The van der Waals surface area contributed by atoms with Gasteiger partial charge in [0.15, 0.2) is 11.4 Å². The van der Waals surface area contributed by atoms with Crippen molar-refractivity contribution in [1.82, 2.24) is 0 Å². The molecule has 7 rings (SSSR count). The topological polar surface area (TPSA) is 109 Å². The van der Waals surface area contributed by atoms with Gasteiger partial charge in [0, 0.05) is 6.42 Å². The van der Waals surface area contributed by atoms with Crippen LogP contribution >= 0.6 is 0 Å². The van der Waals surface area contributed by atoms with Gasteiger partial charge in [-0.3, -0.25) is 4.79 Å². The summed E-state index contributed by atoms with van der Waals surface area (Å²) in [6.45, 7) is 10.1. The number of allylic oxidation sites excluding steroid dienone is 1. The summed E-state index contributed by atoms with van der Waals surface area (Å²) < 4.78 is 18.0. The molecular weight excluding hydrogens is 448 g/mol. The number of epoxide rings is 2. The Morgan fingerprint density at radius 2 is 1.86 bits per heavy atom. The van der Waals surface area contributed by atoms with Crippen LogP contribution in [0.5, 0.6) is 0 Å². The minimum absolute atomic E-state index is 0.0382. The third kappa shape index (κ3) is 2.39. The first kappa shape index (κ1) is 22.9. The fraction of sp³-hybridized carbons (Fsp3) is 0.857. The van der Waals surface area contributed by atoms with Crippen LogP contribution in [0.4, 0.5) is 0 Å². The van der Waals surface area contributed by atoms with Crippen molar-refractivity contribution in [2.45, 2.75) is 108 Å². The van der Waals surface area contributed by atoms with Crippen LogP contribution in [-0.2, 0) is 23.8 Å². The largest absolute Gasteiger partial charge is 0.460 e. The van der Waals surface area contributed by atoms with Crippen LogP contribution in [-0.4, -0.2) is 63.2 Å². The van der Waals surface area contributed by atoms with Crippen molar-refractivity contribution in [3.05, 3.63) is 12.2 Å². The predicted molar refractivity (Wildman–Crippen MR) is 124 cm³/mol. The van der Waals surface area contributed by atoms with Gasteiger partial charge < -0.3 is 24.4 Å². The second-order valence-electron chi connectivity index (χ2n) is 13.6. The number of aliphatic hydroxyl groups excluding tert-OH is 1. The fourth-order valence-electron chi connectivity index (χ4n) is 10.0. The van der Waals surface area contributed by atoms with E-state index >= 15 is 0 Å². The van der Waals surface area contributed by atoms with Crippen LogP contribution in [0, 0.1) is 40.4 Å². The van der Waals surface area contributed by atoms with Gasteiger partial charge in [0.2, 0.25) is 0 Å². The second-order valence-corrected chi connectivity index (χ2v) is 13.6. The van der Waals surface area contributed by atoms with Crippen LogP contribution in [0.3, 0.4) is 0 Å². The summed E-state index contributed by atoms with van der Waals surface area (Å²) in [4.78, 5) is 26.0. The van der Waals surface area contributed by atoms with Crippen molar-refractivity contribution in [3.63, 3.8) is 0 Å². The van der Waals surface area contributed by atoms with E-state index in [-0.39, 0.29) is 65.1 Å². The maximum absolute atomic E-state index is 13.3. The lowest BCUT2D eigenvalue weighted by atomic mass is 9.43. The zero-order valence-electron chi connectivity index (χ0n) is 21.3. The summed E-state index contributed by atoms with van der Waals surface area (Å²) in [7, 11) is 0. The lowest BCUT2D eigenvalue weighted by molar-refractivity contribution is -0.202. The lowest BCUT2D eigenvalue weighted by Crippen LogP contribution is -2.69. The Labute approximate surface area is 206 Å². The Balaban J connectivity index is 1.21. The molecule has 2 N–H and O–H groups in total. The molecule has 0 spiro atoms. The second kappa shape index (κ2) is 6.40. The Morgan fingerprint density at radius 3 is 2.57 bits per heavy atom.